The first-order chi connectivity index (χ1) is 6.96. The molecule has 0 radical (unpaired) electrons. The first kappa shape index (κ1) is 11.3. The van der Waals surface area contributed by atoms with E-state index in [0.29, 0.717) is 6.54 Å². The van der Waals surface area contributed by atoms with Gasteiger partial charge in [0, 0.05) is 26.6 Å². The van der Waals surface area contributed by atoms with Crippen LogP contribution in [0.1, 0.15) is 13.8 Å². The summed E-state index contributed by atoms with van der Waals surface area (Å²) in [6.45, 7) is 6.93. The Kier molecular flexibility index (Phi) is 3.14. The molecule has 0 saturated carbocycles. The molecule has 0 atom stereocenters. The third-order valence-corrected chi connectivity index (χ3v) is 1.63. The molecular formula is C10H13NO4. The van der Waals surface area contributed by atoms with Crippen molar-refractivity contribution in [3.05, 3.63) is 24.4 Å². The lowest BCUT2D eigenvalue weighted by Gasteiger charge is -2.29. The van der Waals surface area contributed by atoms with Crippen molar-refractivity contribution in [1.29, 1.82) is 0 Å². The maximum Gasteiger partial charge on any atom is 0.350 e. The molecule has 0 bridgehead atoms. The van der Waals surface area contributed by atoms with Gasteiger partial charge in [-0.05, 0) is 0 Å². The largest absolute Gasteiger partial charge is 0.419 e. The first-order valence-electron chi connectivity index (χ1n) is 4.47. The van der Waals surface area contributed by atoms with Crippen LogP contribution in [0.25, 0.3) is 0 Å². The van der Waals surface area contributed by atoms with Crippen molar-refractivity contribution >= 4 is 11.9 Å². The number of hydrogen-bond acceptors (Lipinski definition) is 5. The number of hydrogen-bond donors (Lipinski definition) is 1. The number of cyclic esters (lactones) is 2. The van der Waals surface area contributed by atoms with Crippen molar-refractivity contribution in [2.45, 2.75) is 19.6 Å². The molecule has 82 valence electrons. The predicted molar refractivity (Wildman–Crippen MR) is 52.5 cm³/mol. The molecule has 0 spiro atoms. The molecule has 0 amide bonds. The van der Waals surface area contributed by atoms with Crippen LogP contribution in [0.15, 0.2) is 24.4 Å². The van der Waals surface area contributed by atoms with Gasteiger partial charge < -0.3 is 14.8 Å². The van der Waals surface area contributed by atoms with Gasteiger partial charge in [-0.15, -0.1) is 6.58 Å². The number of carbonyl (C=O) groups excluding carboxylic acids is 2. The van der Waals surface area contributed by atoms with E-state index in [0.717, 1.165) is 0 Å². The SMILES string of the molecule is C=CCNC=C1C(=O)OC(C)(C)OC1=O. The second-order valence-electron chi connectivity index (χ2n) is 3.43. The molecular weight excluding hydrogens is 198 g/mol. The van der Waals surface area contributed by atoms with E-state index >= 15 is 0 Å². The molecule has 1 saturated heterocycles. The summed E-state index contributed by atoms with van der Waals surface area (Å²) in [7, 11) is 0. The topological polar surface area (TPSA) is 64.6 Å². The maximum atomic E-state index is 11.4. The van der Waals surface area contributed by atoms with Gasteiger partial charge in [-0.25, -0.2) is 9.59 Å². The average Bonchev–Trinajstić information content (AvgIpc) is 2.08. The Labute approximate surface area is 87.7 Å². The first-order valence-corrected chi connectivity index (χ1v) is 4.47. The summed E-state index contributed by atoms with van der Waals surface area (Å²) in [5, 5.41) is 2.71. The molecule has 0 aliphatic carbocycles. The van der Waals surface area contributed by atoms with Crippen LogP contribution in [0.2, 0.25) is 0 Å². The number of rotatable bonds is 3. The van der Waals surface area contributed by atoms with Crippen molar-refractivity contribution in [3.63, 3.8) is 0 Å². The minimum absolute atomic E-state index is 0.142. The van der Waals surface area contributed by atoms with Crippen LogP contribution >= 0.6 is 0 Å². The number of nitrogens with one attached hydrogen (secondary N) is 1. The summed E-state index contributed by atoms with van der Waals surface area (Å²) in [6.07, 6.45) is 2.86. The number of ether oxygens (including phenoxy) is 2. The van der Waals surface area contributed by atoms with Gasteiger partial charge in [0.15, 0.2) is 5.57 Å². The van der Waals surface area contributed by atoms with Crippen LogP contribution in [-0.4, -0.2) is 24.3 Å². The quantitative estimate of drug-likeness (QED) is 0.242. The highest BCUT2D eigenvalue weighted by molar-refractivity contribution is 6.15. The molecule has 15 heavy (non-hydrogen) atoms. The fourth-order valence-corrected chi connectivity index (χ4v) is 1.02. The van der Waals surface area contributed by atoms with Gasteiger partial charge >= 0.3 is 11.9 Å². The number of esters is 2. The van der Waals surface area contributed by atoms with Crippen LogP contribution < -0.4 is 5.32 Å². The summed E-state index contributed by atoms with van der Waals surface area (Å²) in [6, 6.07) is 0. The van der Waals surface area contributed by atoms with Gasteiger partial charge in [0.05, 0.1) is 0 Å². The molecule has 5 heteroatoms. The average molecular weight is 211 g/mol. The zero-order valence-electron chi connectivity index (χ0n) is 8.70. The third kappa shape index (κ3) is 2.83. The Hall–Kier alpha value is -1.78. The van der Waals surface area contributed by atoms with Crippen LogP contribution in [-0.2, 0) is 19.1 Å². The predicted octanol–water partition coefficient (Wildman–Crippen LogP) is 0.482. The van der Waals surface area contributed by atoms with Crippen molar-refractivity contribution in [2.24, 2.45) is 0 Å². The normalized spacial score (nSPS) is 18.9. The van der Waals surface area contributed by atoms with Crippen molar-refractivity contribution in [2.75, 3.05) is 6.54 Å². The highest BCUT2D eigenvalue weighted by atomic mass is 16.7. The van der Waals surface area contributed by atoms with Gasteiger partial charge in [-0.2, -0.15) is 0 Å². The standard InChI is InChI=1S/C10H13NO4/c1-4-5-11-6-7-8(12)14-10(2,3)15-9(7)13/h4,6,11H,1,5H2,2-3H3. The van der Waals surface area contributed by atoms with E-state index in [1.165, 1.54) is 20.0 Å². The van der Waals surface area contributed by atoms with E-state index in [-0.39, 0.29) is 5.57 Å². The number of carbonyl (C=O) groups is 2. The molecule has 1 N–H and O–H groups in total. The Bertz CT molecular complexity index is 308. The fraction of sp³-hybridized carbons (Fsp3) is 0.400. The zero-order chi connectivity index (χ0) is 11.5. The highest BCUT2D eigenvalue weighted by Crippen LogP contribution is 2.21. The van der Waals surface area contributed by atoms with Crippen LogP contribution in [0, 0.1) is 0 Å². The van der Waals surface area contributed by atoms with Crippen LogP contribution in [0.3, 0.4) is 0 Å². The molecule has 1 aliphatic rings. The van der Waals surface area contributed by atoms with E-state index < -0.39 is 17.7 Å². The summed E-state index contributed by atoms with van der Waals surface area (Å²) >= 11 is 0. The van der Waals surface area contributed by atoms with Gasteiger partial charge in [-0.3, -0.25) is 0 Å². The summed E-state index contributed by atoms with van der Waals surface area (Å²) in [4.78, 5) is 22.7. The maximum absolute atomic E-state index is 11.4. The Morgan fingerprint density at radius 3 is 2.33 bits per heavy atom. The van der Waals surface area contributed by atoms with Crippen molar-refractivity contribution in [3.8, 4) is 0 Å². The molecule has 1 heterocycles. The summed E-state index contributed by atoms with van der Waals surface area (Å²) < 4.78 is 9.74. The monoisotopic (exact) mass is 211 g/mol. The van der Waals surface area contributed by atoms with E-state index in [2.05, 4.69) is 11.9 Å². The molecule has 0 unspecified atom stereocenters. The molecule has 5 nitrogen and oxygen atoms in total. The molecule has 0 aromatic rings. The molecule has 0 aromatic heterocycles. The van der Waals surface area contributed by atoms with Gasteiger partial charge in [0.1, 0.15) is 0 Å². The van der Waals surface area contributed by atoms with E-state index in [1.54, 1.807) is 6.08 Å². The Morgan fingerprint density at radius 2 is 1.87 bits per heavy atom. The smallest absolute Gasteiger partial charge is 0.350 e. The molecule has 0 aromatic carbocycles. The molecule has 1 fully saturated rings. The van der Waals surface area contributed by atoms with Crippen LogP contribution in [0.4, 0.5) is 0 Å². The highest BCUT2D eigenvalue weighted by Gasteiger charge is 2.38. The van der Waals surface area contributed by atoms with Gasteiger partial charge in [0.2, 0.25) is 0 Å². The van der Waals surface area contributed by atoms with Crippen molar-refractivity contribution < 1.29 is 19.1 Å². The summed E-state index contributed by atoms with van der Waals surface area (Å²) in [5.74, 6) is -2.56. The lowest BCUT2D eigenvalue weighted by molar-refractivity contribution is -0.222. The summed E-state index contributed by atoms with van der Waals surface area (Å²) in [5.41, 5.74) is -0.142. The van der Waals surface area contributed by atoms with Gasteiger partial charge in [-0.1, -0.05) is 6.08 Å². The fourth-order valence-electron chi connectivity index (χ4n) is 1.02. The second-order valence-corrected chi connectivity index (χ2v) is 3.43. The lowest BCUT2D eigenvalue weighted by atomic mass is 10.2. The molecule has 1 aliphatic heterocycles. The van der Waals surface area contributed by atoms with Crippen LogP contribution in [0.5, 0.6) is 0 Å². The van der Waals surface area contributed by atoms with E-state index in [9.17, 15) is 9.59 Å². The lowest BCUT2D eigenvalue weighted by Crippen LogP contribution is -2.42. The minimum Gasteiger partial charge on any atom is -0.419 e. The van der Waals surface area contributed by atoms with E-state index in [1.807, 2.05) is 0 Å². The van der Waals surface area contributed by atoms with E-state index in [4.69, 9.17) is 9.47 Å². The van der Waals surface area contributed by atoms with Gasteiger partial charge in [0.25, 0.3) is 5.79 Å². The Balaban J connectivity index is 2.75. The van der Waals surface area contributed by atoms with Crippen molar-refractivity contribution in [1.82, 2.24) is 5.32 Å². The minimum atomic E-state index is -1.19. The second kappa shape index (κ2) is 4.16. The third-order valence-electron chi connectivity index (χ3n) is 1.63. The molecule has 1 rings (SSSR count). The zero-order valence-corrected chi connectivity index (χ0v) is 8.70. The Morgan fingerprint density at radius 1 is 1.33 bits per heavy atom.